The van der Waals surface area contributed by atoms with Gasteiger partial charge in [-0.1, -0.05) is 57.3 Å². The molecule has 0 aliphatic carbocycles. The van der Waals surface area contributed by atoms with Crippen LogP contribution in [0.4, 0.5) is 4.39 Å². The van der Waals surface area contributed by atoms with E-state index in [1.54, 1.807) is 24.3 Å². The van der Waals surface area contributed by atoms with Gasteiger partial charge in [-0.15, -0.1) is 0 Å². The second-order valence-corrected chi connectivity index (χ2v) is 8.36. The first kappa shape index (κ1) is 20.4. The van der Waals surface area contributed by atoms with Crippen LogP contribution in [-0.4, -0.2) is 12.4 Å². The summed E-state index contributed by atoms with van der Waals surface area (Å²) in [7, 11) is 0. The number of hydrogen-bond acceptors (Lipinski definition) is 2. The summed E-state index contributed by atoms with van der Waals surface area (Å²) < 4.78 is 19.4. The Hall–Kier alpha value is -1.88. The second-order valence-electron chi connectivity index (χ2n) is 6.99. The Balaban J connectivity index is 1.70. The highest BCUT2D eigenvalue weighted by molar-refractivity contribution is 9.08. The molecule has 0 spiro atoms. The van der Waals surface area contributed by atoms with Gasteiger partial charge in [-0.2, -0.15) is 0 Å². The minimum Gasteiger partial charge on any atom is -0.491 e. The lowest BCUT2D eigenvalue weighted by Crippen LogP contribution is -2.30. The van der Waals surface area contributed by atoms with Crippen LogP contribution in [0, 0.1) is 11.7 Å². The van der Waals surface area contributed by atoms with Crippen molar-refractivity contribution in [1.29, 1.82) is 0 Å². The number of carbonyl (C=O) groups excluding carboxylic acids is 1. The monoisotopic (exact) mass is 492 g/mol. The number of ketones is 1. The van der Waals surface area contributed by atoms with Crippen LogP contribution in [0.3, 0.4) is 0 Å². The van der Waals surface area contributed by atoms with Crippen LogP contribution < -0.4 is 4.74 Å². The van der Waals surface area contributed by atoms with Crippen molar-refractivity contribution >= 4 is 44.9 Å². The number of rotatable bonds is 4. The summed E-state index contributed by atoms with van der Waals surface area (Å²) >= 11 is 15.6. The Kier molecular flexibility index (Phi) is 5.95. The summed E-state index contributed by atoms with van der Waals surface area (Å²) in [6.45, 7) is 0.272. The predicted molar refractivity (Wildman–Crippen MR) is 118 cm³/mol. The number of halogens is 4. The SMILES string of the molecule is O=C1c2cc(CBr)cc(-c3ccc(F)cc3)c2OC[C@@H]1Cc1ccc(Cl)c(Cl)c1. The Morgan fingerprint density at radius 3 is 2.38 bits per heavy atom. The smallest absolute Gasteiger partial charge is 0.173 e. The zero-order chi connectivity index (χ0) is 20.5. The molecular formula is C23H16BrCl2FO2. The number of alkyl halides is 1. The molecule has 1 aliphatic heterocycles. The molecule has 0 unspecified atom stereocenters. The molecule has 0 radical (unpaired) electrons. The van der Waals surface area contributed by atoms with Gasteiger partial charge in [0.25, 0.3) is 0 Å². The molecule has 148 valence electrons. The van der Waals surface area contributed by atoms with Gasteiger partial charge in [-0.05, 0) is 59.5 Å². The lowest BCUT2D eigenvalue weighted by molar-refractivity contribution is 0.0831. The van der Waals surface area contributed by atoms with Crippen molar-refractivity contribution < 1.29 is 13.9 Å². The highest BCUT2D eigenvalue weighted by Gasteiger charge is 2.31. The van der Waals surface area contributed by atoms with Gasteiger partial charge in [0.15, 0.2) is 5.78 Å². The van der Waals surface area contributed by atoms with E-state index in [-0.39, 0.29) is 24.1 Å². The third-order valence-corrected chi connectivity index (χ3v) is 6.38. The van der Waals surface area contributed by atoms with Crippen molar-refractivity contribution in [2.45, 2.75) is 11.8 Å². The van der Waals surface area contributed by atoms with Gasteiger partial charge >= 0.3 is 0 Å². The van der Waals surface area contributed by atoms with Gasteiger partial charge in [-0.3, -0.25) is 4.79 Å². The Bertz CT molecular complexity index is 1080. The third kappa shape index (κ3) is 4.20. The summed E-state index contributed by atoms with van der Waals surface area (Å²) in [6.07, 6.45) is 0.513. The van der Waals surface area contributed by atoms with E-state index in [1.807, 2.05) is 18.2 Å². The van der Waals surface area contributed by atoms with Crippen molar-refractivity contribution in [3.8, 4) is 16.9 Å². The van der Waals surface area contributed by atoms with Crippen molar-refractivity contribution in [2.24, 2.45) is 5.92 Å². The van der Waals surface area contributed by atoms with E-state index >= 15 is 0 Å². The van der Waals surface area contributed by atoms with Crippen LogP contribution in [0.25, 0.3) is 11.1 Å². The van der Waals surface area contributed by atoms with Crippen molar-refractivity contribution in [3.63, 3.8) is 0 Å². The van der Waals surface area contributed by atoms with Gasteiger partial charge in [0.2, 0.25) is 0 Å². The number of Topliss-reactive ketones (excluding diaryl/α,β-unsaturated/α-hetero) is 1. The lowest BCUT2D eigenvalue weighted by atomic mass is 9.86. The largest absolute Gasteiger partial charge is 0.491 e. The summed E-state index contributed by atoms with van der Waals surface area (Å²) in [5.41, 5.74) is 4.03. The summed E-state index contributed by atoms with van der Waals surface area (Å²) in [5, 5.41) is 1.55. The summed E-state index contributed by atoms with van der Waals surface area (Å²) in [5.74, 6) is -0.0375. The maximum atomic E-state index is 13.4. The lowest BCUT2D eigenvalue weighted by Gasteiger charge is -2.27. The summed E-state index contributed by atoms with van der Waals surface area (Å²) in [4.78, 5) is 13.3. The van der Waals surface area contributed by atoms with Crippen molar-refractivity contribution in [2.75, 3.05) is 6.61 Å². The molecule has 0 amide bonds. The molecule has 2 nitrogen and oxygen atoms in total. The van der Waals surface area contributed by atoms with Crippen LogP contribution in [0.15, 0.2) is 54.6 Å². The average molecular weight is 494 g/mol. The maximum Gasteiger partial charge on any atom is 0.173 e. The number of fused-ring (bicyclic) bond motifs is 1. The molecule has 4 rings (SSSR count). The third-order valence-electron chi connectivity index (χ3n) is 4.99. The first-order valence-corrected chi connectivity index (χ1v) is 10.9. The molecule has 6 heteroatoms. The molecule has 0 aromatic heterocycles. The van der Waals surface area contributed by atoms with E-state index in [1.165, 1.54) is 12.1 Å². The zero-order valence-corrected chi connectivity index (χ0v) is 18.3. The zero-order valence-electron chi connectivity index (χ0n) is 15.2. The van der Waals surface area contributed by atoms with Gasteiger partial charge in [-0.25, -0.2) is 4.39 Å². The van der Waals surface area contributed by atoms with E-state index in [0.717, 1.165) is 22.3 Å². The topological polar surface area (TPSA) is 26.3 Å². The highest BCUT2D eigenvalue weighted by Crippen LogP contribution is 2.40. The average Bonchev–Trinajstić information content (AvgIpc) is 2.73. The van der Waals surface area contributed by atoms with Gasteiger partial charge in [0, 0.05) is 10.9 Å². The fourth-order valence-electron chi connectivity index (χ4n) is 3.53. The van der Waals surface area contributed by atoms with Crippen LogP contribution in [0.2, 0.25) is 10.0 Å². The Labute approximate surface area is 186 Å². The van der Waals surface area contributed by atoms with Crippen molar-refractivity contribution in [1.82, 2.24) is 0 Å². The molecule has 1 heterocycles. The molecular weight excluding hydrogens is 478 g/mol. The molecule has 0 fully saturated rings. The molecule has 0 bridgehead atoms. The Morgan fingerprint density at radius 1 is 0.966 bits per heavy atom. The molecule has 3 aromatic carbocycles. The van der Waals surface area contributed by atoms with Crippen molar-refractivity contribution in [3.05, 3.63) is 87.2 Å². The van der Waals surface area contributed by atoms with E-state index in [4.69, 9.17) is 27.9 Å². The molecule has 1 aliphatic rings. The number of carbonyl (C=O) groups is 1. The predicted octanol–water partition coefficient (Wildman–Crippen LogP) is 7.13. The van der Waals surface area contributed by atoms with E-state index in [2.05, 4.69) is 15.9 Å². The molecule has 0 saturated carbocycles. The first-order chi connectivity index (χ1) is 14.0. The van der Waals surface area contributed by atoms with Crippen LogP contribution in [0.1, 0.15) is 21.5 Å². The van der Waals surface area contributed by atoms with Gasteiger partial charge in [0.1, 0.15) is 11.6 Å². The fraction of sp³-hybridized carbons (Fsp3) is 0.174. The molecule has 0 N–H and O–H groups in total. The number of ether oxygens (including phenoxy) is 1. The van der Waals surface area contributed by atoms with Crippen LogP contribution >= 0.6 is 39.1 Å². The Morgan fingerprint density at radius 2 is 1.69 bits per heavy atom. The molecule has 3 aromatic rings. The highest BCUT2D eigenvalue weighted by atomic mass is 79.9. The standard InChI is InChI=1S/C23H16BrCl2FO2/c24-11-14-8-18(15-2-4-17(27)5-3-15)23-19(9-14)22(28)16(12-29-23)7-13-1-6-20(25)21(26)10-13/h1-6,8-10,16H,7,11-12H2/t16-/m0/s1. The van der Waals surface area contributed by atoms with Gasteiger partial charge < -0.3 is 4.74 Å². The maximum absolute atomic E-state index is 13.4. The van der Waals surface area contributed by atoms with Crippen LogP contribution in [-0.2, 0) is 11.8 Å². The minimum atomic E-state index is -0.314. The molecule has 29 heavy (non-hydrogen) atoms. The second kappa shape index (κ2) is 8.47. The van der Waals surface area contributed by atoms with Gasteiger partial charge in [0.05, 0.1) is 28.1 Å². The van der Waals surface area contributed by atoms with Crippen LogP contribution in [0.5, 0.6) is 5.75 Å². The number of benzene rings is 3. The fourth-order valence-corrected chi connectivity index (χ4v) is 4.17. The molecule has 0 saturated heterocycles. The normalized spacial score (nSPS) is 15.7. The number of hydrogen-bond donors (Lipinski definition) is 0. The first-order valence-electron chi connectivity index (χ1n) is 9.06. The minimum absolute atomic E-state index is 0.0310. The quantitative estimate of drug-likeness (QED) is 0.361. The summed E-state index contributed by atoms with van der Waals surface area (Å²) in [6, 6.07) is 15.4. The van der Waals surface area contributed by atoms with E-state index < -0.39 is 0 Å². The van der Waals surface area contributed by atoms with E-state index in [0.29, 0.717) is 33.1 Å². The van der Waals surface area contributed by atoms with E-state index in [9.17, 15) is 9.18 Å². The molecule has 1 atom stereocenters.